The minimum atomic E-state index is -0.883. The predicted octanol–water partition coefficient (Wildman–Crippen LogP) is 11.0. The van der Waals surface area contributed by atoms with E-state index in [0.29, 0.717) is 130 Å². The van der Waals surface area contributed by atoms with Crippen LogP contribution in [-0.2, 0) is 52.5 Å². The van der Waals surface area contributed by atoms with E-state index in [1.807, 2.05) is 19.1 Å². The molecule has 6 amide bonds. The first-order valence-corrected chi connectivity index (χ1v) is 41.7. The van der Waals surface area contributed by atoms with Crippen LogP contribution in [0.1, 0.15) is 124 Å². The Kier molecular flexibility index (Phi) is 28.2. The normalized spacial score (nSPS) is 15.3. The van der Waals surface area contributed by atoms with Crippen LogP contribution < -0.4 is 46.1 Å². The van der Waals surface area contributed by atoms with E-state index < -0.39 is 91.2 Å². The van der Waals surface area contributed by atoms with Crippen LogP contribution in [-0.4, -0.2) is 213 Å². The molecule has 0 unspecified atom stereocenters. The van der Waals surface area contributed by atoms with Gasteiger partial charge in [-0.2, -0.15) is 10.2 Å². The third-order valence-electron chi connectivity index (χ3n) is 21.0. The summed E-state index contributed by atoms with van der Waals surface area (Å²) in [5.74, 6) is -0.331. The van der Waals surface area contributed by atoms with Crippen LogP contribution in [0, 0.1) is 24.4 Å². The third-order valence-corrected chi connectivity index (χ3v) is 24.9. The second kappa shape index (κ2) is 39.2. The van der Waals surface area contributed by atoms with Gasteiger partial charge in [-0.25, -0.2) is 43.1 Å². The standard InChI is InChI=1S/C29H34FN5O5S.C27H27ClFN7O4S.C27H28FN7O4S.3H2/c1-16-14-31-29(32-20-5-8-40-9-6-20)34-26(16)25-13-22-24(41-25)4-7-35(28(22)38)17(2)27(37)33-23(15-36)18-10-19(30)12-21(11-18)39-3;1-14(25(38)32-20(13-37)15-8-16(29)10-17(9-15)40-3)36-7-5-21-18(26(36)39)11-22(41-21)24-19(28)12-30-27(34-24)33-23-4-6-31-35(23)2;1-15(25(37)31-21(14-36)16-10-17(28)12-18(11-16)39-3)35-9-6-22-19(26(35)38)13-23(40-22)20-4-7-29-27(32-20)33-24-5-8-30-34(24)2;;;/h10-14,17,20,23,36H,4-9,15H2,1-3H3,(H,33,37)(H,31,32,34);4,6,8-12,14,20,37H,5,7,13H2,1-3H3,(H,32,38)(H,30,33,34);4-5,7-8,10-13,15,21,36H,6,9,14H2,1-3H3,(H,31,37)(H,29,32,33);3*1H/t17-,23-;14-,20-;15-,21-;;;/m111.../s1. The fourth-order valence-corrected chi connectivity index (χ4v) is 17.9. The molecule has 39 heteroatoms. The van der Waals surface area contributed by atoms with Gasteiger partial charge in [-0.3, -0.25) is 38.1 Å². The van der Waals surface area contributed by atoms with Crippen LogP contribution in [0.2, 0.25) is 5.02 Å². The van der Waals surface area contributed by atoms with Gasteiger partial charge in [-0.05, 0) is 123 Å². The molecule has 6 atom stereocenters. The van der Waals surface area contributed by atoms with Gasteiger partial charge in [-0.1, -0.05) is 11.6 Å². The number of carbonyl (C=O) groups is 6. The molecule has 0 radical (unpaired) electrons. The number of methoxy groups -OCH3 is 3. The van der Waals surface area contributed by atoms with Crippen molar-refractivity contribution in [3.8, 4) is 49.0 Å². The molecule has 3 aromatic carbocycles. The lowest BCUT2D eigenvalue weighted by atomic mass is 10.0. The number of nitrogens with zero attached hydrogens (tertiary/aromatic N) is 13. The second-order valence-corrected chi connectivity index (χ2v) is 32.8. The summed E-state index contributed by atoms with van der Waals surface area (Å²) in [6, 6.07) is 17.9. The maximum absolute atomic E-state index is 14.0. The average Bonchev–Trinajstić information content (AvgIpc) is 1.65. The van der Waals surface area contributed by atoms with Gasteiger partial charge >= 0.3 is 0 Å². The molecular weight excluding hydrogens is 1660 g/mol. The van der Waals surface area contributed by atoms with Gasteiger partial charge in [0.2, 0.25) is 35.6 Å². The number of hydrogen-bond acceptors (Lipinski definition) is 27. The molecule has 12 heterocycles. The molecule has 0 bridgehead atoms. The topological polar surface area (TPSA) is 395 Å². The van der Waals surface area contributed by atoms with Crippen molar-refractivity contribution in [3.63, 3.8) is 0 Å². The van der Waals surface area contributed by atoms with Crippen molar-refractivity contribution >= 4 is 111 Å². The maximum Gasteiger partial charge on any atom is 0.255 e. The summed E-state index contributed by atoms with van der Waals surface area (Å²) in [5, 5.41) is 56.1. The van der Waals surface area contributed by atoms with E-state index in [2.05, 4.69) is 67.0 Å². The number of thiophene rings is 3. The van der Waals surface area contributed by atoms with E-state index in [4.69, 9.17) is 35.5 Å². The van der Waals surface area contributed by atoms with Crippen LogP contribution in [0.4, 0.5) is 42.7 Å². The van der Waals surface area contributed by atoms with Crippen molar-refractivity contribution < 1.29 is 80.5 Å². The summed E-state index contributed by atoms with van der Waals surface area (Å²) in [6.45, 7) is 7.95. The molecule has 122 heavy (non-hydrogen) atoms. The maximum atomic E-state index is 14.0. The van der Waals surface area contributed by atoms with Gasteiger partial charge in [0.05, 0.1) is 126 Å². The lowest BCUT2D eigenvalue weighted by Gasteiger charge is -2.32. The van der Waals surface area contributed by atoms with E-state index in [-0.39, 0.29) is 45.3 Å². The van der Waals surface area contributed by atoms with Crippen molar-refractivity contribution in [3.05, 3.63) is 198 Å². The number of amides is 6. The Morgan fingerprint density at radius 1 is 0.533 bits per heavy atom. The Morgan fingerprint density at radius 2 is 0.926 bits per heavy atom. The van der Waals surface area contributed by atoms with Crippen molar-refractivity contribution in [2.45, 2.75) is 102 Å². The highest BCUT2D eigenvalue weighted by atomic mass is 35.5. The third kappa shape index (κ3) is 20.3. The Morgan fingerprint density at radius 3 is 1.34 bits per heavy atom. The number of ether oxygens (including phenoxy) is 4. The number of aliphatic hydroxyl groups is 3. The van der Waals surface area contributed by atoms with Crippen molar-refractivity contribution in [2.75, 3.05) is 89.9 Å². The van der Waals surface area contributed by atoms with Gasteiger partial charge in [0.1, 0.15) is 70.2 Å². The van der Waals surface area contributed by atoms with E-state index in [1.165, 1.54) is 119 Å². The average molecular weight is 1760 g/mol. The number of anilines is 5. The van der Waals surface area contributed by atoms with Crippen molar-refractivity contribution in [1.82, 2.24) is 80.1 Å². The molecule has 1 saturated heterocycles. The first kappa shape index (κ1) is 87.8. The summed E-state index contributed by atoms with van der Waals surface area (Å²) in [7, 11) is 7.81. The lowest BCUT2D eigenvalue weighted by Crippen LogP contribution is -2.51. The first-order chi connectivity index (χ1) is 58.7. The first-order valence-electron chi connectivity index (χ1n) is 38.9. The minimum Gasteiger partial charge on any atom is -0.497 e. The van der Waals surface area contributed by atoms with Crippen LogP contribution in [0.5, 0.6) is 17.2 Å². The number of aryl methyl sites for hydroxylation is 3. The summed E-state index contributed by atoms with van der Waals surface area (Å²) < 4.78 is 66.1. The summed E-state index contributed by atoms with van der Waals surface area (Å²) in [5.41, 5.74) is 5.45. The highest BCUT2D eigenvalue weighted by Gasteiger charge is 2.39. The van der Waals surface area contributed by atoms with Crippen LogP contribution in [0.25, 0.3) is 31.7 Å². The number of benzene rings is 3. The number of fused-ring (bicyclic) bond motifs is 3. The molecule has 9 N–H and O–H groups in total. The molecule has 32 nitrogen and oxygen atoms in total. The number of aromatic nitrogens is 10. The zero-order valence-corrected chi connectivity index (χ0v) is 71.0. The molecule has 0 saturated carbocycles. The van der Waals surface area contributed by atoms with E-state index in [9.17, 15) is 57.3 Å². The van der Waals surface area contributed by atoms with Gasteiger partial charge in [0.15, 0.2) is 0 Å². The molecule has 8 aromatic heterocycles. The van der Waals surface area contributed by atoms with E-state index in [1.54, 1.807) is 105 Å². The zero-order chi connectivity index (χ0) is 86.7. The Hall–Kier alpha value is -12.0. The molecule has 4 aliphatic heterocycles. The largest absolute Gasteiger partial charge is 0.497 e. The van der Waals surface area contributed by atoms with Gasteiger partial charge in [-0.15, -0.1) is 34.0 Å². The van der Waals surface area contributed by atoms with Crippen molar-refractivity contribution in [1.29, 1.82) is 0 Å². The fourth-order valence-electron chi connectivity index (χ4n) is 14.2. The fraction of sp³-hybridized carbons (Fsp3) is 0.349. The van der Waals surface area contributed by atoms with Crippen LogP contribution in [0.15, 0.2) is 122 Å². The summed E-state index contributed by atoms with van der Waals surface area (Å²) >= 11 is 10.9. The Labute approximate surface area is 720 Å². The molecule has 11 aromatic rings. The molecule has 0 aliphatic carbocycles. The van der Waals surface area contributed by atoms with Crippen molar-refractivity contribution in [2.24, 2.45) is 14.1 Å². The molecule has 646 valence electrons. The van der Waals surface area contributed by atoms with Gasteiger partial charge in [0.25, 0.3) is 17.7 Å². The summed E-state index contributed by atoms with van der Waals surface area (Å²) in [6.07, 6.45) is 11.8. The predicted molar refractivity (Wildman–Crippen MR) is 458 cm³/mol. The molecule has 1 fully saturated rings. The molecule has 15 rings (SSSR count). The number of rotatable bonds is 27. The molecule has 0 spiro atoms. The monoisotopic (exact) mass is 1750 g/mol. The summed E-state index contributed by atoms with van der Waals surface area (Å²) in [4.78, 5) is 117. The molecule has 4 aliphatic rings. The number of halogens is 4. The lowest BCUT2D eigenvalue weighted by molar-refractivity contribution is -0.127. The Bertz CT molecular complexity index is 5690. The van der Waals surface area contributed by atoms with Gasteiger partial charge < -0.3 is 80.9 Å². The SMILES string of the molecule is COc1cc(F)cc([C@@H](CO)NC(=O)[C@@H](C)N2CCc3sc(-c4ccnc(Nc5ccnn5C)n4)cc3C2=O)c1.COc1cc(F)cc([C@@H](CO)NC(=O)[C@@H](C)N2CCc3sc(-c4nc(NC5CCOCC5)ncc4C)cc3C2=O)c1.COc1cc(F)cc([C@@H](CO)NC(=O)[C@@H](C)N2CCc3sc(-c4nc(Nc5ccnn5C)ncc4Cl)cc3C2=O)c1.[HH].[HH].[HH]. The number of hydrogen-bond donors (Lipinski definition) is 9. The highest BCUT2D eigenvalue weighted by molar-refractivity contribution is 7.16. The van der Waals surface area contributed by atoms with E-state index >= 15 is 0 Å². The second-order valence-electron chi connectivity index (χ2n) is 29.0. The van der Waals surface area contributed by atoms with Gasteiger partial charge in [0, 0.05) is 134 Å². The quantitative estimate of drug-likeness (QED) is 0.0231. The number of aliphatic hydroxyl groups excluding tert-OH is 3. The number of nitrogens with one attached hydrogen (secondary N) is 6. The molecular formula is C83H95ClF3N19O13S3. The smallest absolute Gasteiger partial charge is 0.255 e. The minimum absolute atomic E-state index is 0. The van der Waals surface area contributed by atoms with E-state index in [0.717, 1.165) is 54.3 Å². The van der Waals surface area contributed by atoms with Crippen LogP contribution in [0.3, 0.4) is 0 Å². The highest BCUT2D eigenvalue weighted by Crippen LogP contribution is 2.41. The van der Waals surface area contributed by atoms with Crippen LogP contribution >= 0.6 is 45.6 Å². The zero-order valence-electron chi connectivity index (χ0n) is 67.8. The number of carbonyl (C=O) groups excluding carboxylic acids is 6. The Balaban J connectivity index is 0.000000194.